The van der Waals surface area contributed by atoms with Crippen LogP contribution in [0, 0.1) is 11.8 Å². The zero-order valence-electron chi connectivity index (χ0n) is 10.7. The Labute approximate surface area is 103 Å². The fraction of sp³-hybridized carbons (Fsp3) is 0.769. The van der Waals surface area contributed by atoms with Crippen LogP contribution in [-0.4, -0.2) is 29.7 Å². The molecule has 0 saturated carbocycles. The number of hydrogen-bond donors (Lipinski definition) is 3. The SMILES string of the molecule is CCC(CC)C(O)CNC(=O)C1C=CC(N)C1. The molecule has 4 nitrogen and oxygen atoms in total. The Balaban J connectivity index is 2.30. The van der Waals surface area contributed by atoms with Crippen molar-refractivity contribution in [3.63, 3.8) is 0 Å². The van der Waals surface area contributed by atoms with Crippen molar-refractivity contribution >= 4 is 5.91 Å². The van der Waals surface area contributed by atoms with Gasteiger partial charge in [-0.3, -0.25) is 4.79 Å². The molecular weight excluding hydrogens is 216 g/mol. The van der Waals surface area contributed by atoms with Crippen molar-refractivity contribution in [2.75, 3.05) is 6.54 Å². The average Bonchev–Trinajstić information content (AvgIpc) is 2.74. The summed E-state index contributed by atoms with van der Waals surface area (Å²) >= 11 is 0. The number of aliphatic hydroxyl groups is 1. The highest BCUT2D eigenvalue weighted by atomic mass is 16.3. The first-order chi connectivity index (χ1) is 8.08. The number of nitrogens with one attached hydrogen (secondary N) is 1. The van der Waals surface area contributed by atoms with Gasteiger partial charge in [-0.2, -0.15) is 0 Å². The number of carbonyl (C=O) groups is 1. The standard InChI is InChI=1S/C13H24N2O2/c1-3-9(4-2)12(16)8-15-13(17)10-5-6-11(14)7-10/h5-6,9-12,16H,3-4,7-8,14H2,1-2H3,(H,15,17). The van der Waals surface area contributed by atoms with Crippen LogP contribution in [-0.2, 0) is 4.79 Å². The smallest absolute Gasteiger partial charge is 0.227 e. The maximum atomic E-state index is 11.8. The third-order valence-electron chi connectivity index (χ3n) is 3.53. The number of aliphatic hydroxyl groups excluding tert-OH is 1. The molecule has 3 atom stereocenters. The number of rotatable bonds is 6. The Morgan fingerprint density at radius 3 is 2.59 bits per heavy atom. The Hall–Kier alpha value is -0.870. The molecule has 1 aliphatic rings. The molecule has 0 radical (unpaired) electrons. The number of carbonyl (C=O) groups excluding carboxylic acids is 1. The lowest BCUT2D eigenvalue weighted by Gasteiger charge is -2.21. The van der Waals surface area contributed by atoms with Gasteiger partial charge in [-0.15, -0.1) is 0 Å². The van der Waals surface area contributed by atoms with Gasteiger partial charge in [0.15, 0.2) is 0 Å². The molecule has 98 valence electrons. The van der Waals surface area contributed by atoms with E-state index in [2.05, 4.69) is 19.2 Å². The average molecular weight is 240 g/mol. The van der Waals surface area contributed by atoms with Crippen molar-refractivity contribution in [3.8, 4) is 0 Å². The molecule has 0 spiro atoms. The molecule has 3 unspecified atom stereocenters. The number of amides is 1. The summed E-state index contributed by atoms with van der Waals surface area (Å²) in [5.74, 6) is 0.106. The predicted molar refractivity (Wildman–Crippen MR) is 68.3 cm³/mol. The second kappa shape index (κ2) is 6.77. The van der Waals surface area contributed by atoms with Gasteiger partial charge in [-0.25, -0.2) is 0 Å². The lowest BCUT2D eigenvalue weighted by atomic mass is 9.96. The Bertz CT molecular complexity index is 275. The molecule has 0 heterocycles. The van der Waals surface area contributed by atoms with Crippen LogP contribution in [0.5, 0.6) is 0 Å². The third-order valence-corrected chi connectivity index (χ3v) is 3.53. The van der Waals surface area contributed by atoms with E-state index in [-0.39, 0.29) is 23.8 Å². The highest BCUT2D eigenvalue weighted by Crippen LogP contribution is 2.17. The molecular formula is C13H24N2O2. The Morgan fingerprint density at radius 2 is 2.12 bits per heavy atom. The monoisotopic (exact) mass is 240 g/mol. The van der Waals surface area contributed by atoms with Crippen LogP contribution in [0.3, 0.4) is 0 Å². The van der Waals surface area contributed by atoms with Gasteiger partial charge in [-0.05, 0) is 12.3 Å². The van der Waals surface area contributed by atoms with Gasteiger partial charge in [0.05, 0.1) is 12.0 Å². The second-order valence-electron chi connectivity index (χ2n) is 4.78. The van der Waals surface area contributed by atoms with Gasteiger partial charge >= 0.3 is 0 Å². The summed E-state index contributed by atoms with van der Waals surface area (Å²) in [5, 5.41) is 12.7. The topological polar surface area (TPSA) is 75.3 Å². The lowest BCUT2D eigenvalue weighted by Crippen LogP contribution is -2.38. The molecule has 0 aliphatic heterocycles. The van der Waals surface area contributed by atoms with E-state index < -0.39 is 6.10 Å². The van der Waals surface area contributed by atoms with E-state index in [1.165, 1.54) is 0 Å². The molecule has 4 heteroatoms. The van der Waals surface area contributed by atoms with E-state index >= 15 is 0 Å². The first-order valence-electron chi connectivity index (χ1n) is 6.48. The zero-order chi connectivity index (χ0) is 12.8. The molecule has 0 aromatic heterocycles. The predicted octanol–water partition coefficient (Wildman–Crippen LogP) is 0.803. The fourth-order valence-electron chi connectivity index (χ4n) is 2.26. The van der Waals surface area contributed by atoms with E-state index in [9.17, 15) is 9.90 Å². The lowest BCUT2D eigenvalue weighted by molar-refractivity contribution is -0.124. The van der Waals surface area contributed by atoms with E-state index in [4.69, 9.17) is 5.73 Å². The summed E-state index contributed by atoms with van der Waals surface area (Å²) < 4.78 is 0. The molecule has 4 N–H and O–H groups in total. The van der Waals surface area contributed by atoms with Crippen LogP contribution in [0.15, 0.2) is 12.2 Å². The van der Waals surface area contributed by atoms with E-state index in [0.717, 1.165) is 12.8 Å². The van der Waals surface area contributed by atoms with Crippen molar-refractivity contribution in [2.45, 2.75) is 45.3 Å². The highest BCUT2D eigenvalue weighted by molar-refractivity contribution is 5.81. The summed E-state index contributed by atoms with van der Waals surface area (Å²) in [6.45, 7) is 4.45. The van der Waals surface area contributed by atoms with Crippen LogP contribution in [0.2, 0.25) is 0 Å². The summed E-state index contributed by atoms with van der Waals surface area (Å²) in [5.41, 5.74) is 5.69. The first kappa shape index (κ1) is 14.2. The van der Waals surface area contributed by atoms with Gasteiger partial charge in [-0.1, -0.05) is 38.8 Å². The molecule has 0 aromatic carbocycles. The second-order valence-corrected chi connectivity index (χ2v) is 4.78. The highest BCUT2D eigenvalue weighted by Gasteiger charge is 2.23. The minimum Gasteiger partial charge on any atom is -0.391 e. The molecule has 0 fully saturated rings. The van der Waals surface area contributed by atoms with Gasteiger partial charge in [0.1, 0.15) is 0 Å². The van der Waals surface area contributed by atoms with Gasteiger partial charge in [0, 0.05) is 12.6 Å². The Kier molecular flexibility index (Phi) is 5.65. The van der Waals surface area contributed by atoms with Gasteiger partial charge in [0.25, 0.3) is 0 Å². The van der Waals surface area contributed by atoms with Gasteiger partial charge < -0.3 is 16.2 Å². The molecule has 0 aromatic rings. The Morgan fingerprint density at radius 1 is 1.47 bits per heavy atom. The summed E-state index contributed by atoms with van der Waals surface area (Å²) in [7, 11) is 0. The fourth-order valence-corrected chi connectivity index (χ4v) is 2.26. The van der Waals surface area contributed by atoms with Crippen molar-refractivity contribution in [1.82, 2.24) is 5.32 Å². The normalized spacial score (nSPS) is 25.2. The van der Waals surface area contributed by atoms with Crippen LogP contribution >= 0.6 is 0 Å². The molecule has 17 heavy (non-hydrogen) atoms. The van der Waals surface area contributed by atoms with Crippen molar-refractivity contribution < 1.29 is 9.90 Å². The maximum absolute atomic E-state index is 11.8. The molecule has 1 amide bonds. The number of hydrogen-bond acceptors (Lipinski definition) is 3. The minimum atomic E-state index is -0.451. The third kappa shape index (κ3) is 4.13. The van der Waals surface area contributed by atoms with E-state index in [1.54, 1.807) is 0 Å². The van der Waals surface area contributed by atoms with Crippen LogP contribution in [0.25, 0.3) is 0 Å². The van der Waals surface area contributed by atoms with Crippen LogP contribution < -0.4 is 11.1 Å². The van der Waals surface area contributed by atoms with E-state index in [0.29, 0.717) is 13.0 Å². The summed E-state index contributed by atoms with van der Waals surface area (Å²) in [6.07, 6.45) is 5.80. The van der Waals surface area contributed by atoms with Crippen molar-refractivity contribution in [3.05, 3.63) is 12.2 Å². The van der Waals surface area contributed by atoms with Crippen molar-refractivity contribution in [2.24, 2.45) is 17.6 Å². The quantitative estimate of drug-likeness (QED) is 0.601. The zero-order valence-corrected chi connectivity index (χ0v) is 10.7. The maximum Gasteiger partial charge on any atom is 0.227 e. The molecule has 0 bridgehead atoms. The number of nitrogens with two attached hydrogens (primary N) is 1. The van der Waals surface area contributed by atoms with Crippen LogP contribution in [0.1, 0.15) is 33.1 Å². The first-order valence-corrected chi connectivity index (χ1v) is 6.48. The molecule has 0 saturated heterocycles. The van der Waals surface area contributed by atoms with E-state index in [1.807, 2.05) is 12.2 Å². The van der Waals surface area contributed by atoms with Gasteiger partial charge in [0.2, 0.25) is 5.91 Å². The summed E-state index contributed by atoms with van der Waals surface area (Å²) in [4.78, 5) is 11.8. The molecule has 1 rings (SSSR count). The molecule has 1 aliphatic carbocycles. The largest absolute Gasteiger partial charge is 0.391 e. The summed E-state index contributed by atoms with van der Waals surface area (Å²) in [6, 6.07) is -0.00490. The van der Waals surface area contributed by atoms with Crippen molar-refractivity contribution in [1.29, 1.82) is 0 Å². The minimum absolute atomic E-state index is 0.00490. The van der Waals surface area contributed by atoms with Crippen LogP contribution in [0.4, 0.5) is 0 Å².